The second kappa shape index (κ2) is 13.5. The molecule has 1 aliphatic carbocycles. The molecule has 2 aromatic carbocycles. The highest BCUT2D eigenvalue weighted by atomic mass is 32.2. The number of nitrogens with one attached hydrogen (secondary N) is 1. The molecule has 11 heteroatoms. The van der Waals surface area contributed by atoms with Crippen molar-refractivity contribution in [2.45, 2.75) is 67.4 Å². The lowest BCUT2D eigenvalue weighted by atomic mass is 9.75. The third-order valence-corrected chi connectivity index (χ3v) is 9.80. The fourth-order valence-corrected chi connectivity index (χ4v) is 7.24. The van der Waals surface area contributed by atoms with Gasteiger partial charge in [-0.25, -0.2) is 27.9 Å². The minimum absolute atomic E-state index is 0.165. The molecule has 1 N–H and O–H groups in total. The third kappa shape index (κ3) is 7.25. The van der Waals surface area contributed by atoms with Crippen molar-refractivity contribution >= 4 is 38.8 Å². The minimum atomic E-state index is -3.26. The number of allylic oxidation sites excluding steroid dienone is 1. The number of rotatable bonds is 10. The van der Waals surface area contributed by atoms with Crippen LogP contribution in [0.25, 0.3) is 17.0 Å². The molecule has 2 unspecified atom stereocenters. The van der Waals surface area contributed by atoms with Crippen molar-refractivity contribution in [3.05, 3.63) is 65.0 Å². The van der Waals surface area contributed by atoms with Crippen LogP contribution in [0.1, 0.15) is 64.4 Å². The molecule has 3 aromatic rings. The first-order chi connectivity index (χ1) is 21.8. The third-order valence-electron chi connectivity index (χ3n) is 9.07. The highest BCUT2D eigenvalue weighted by molar-refractivity contribution is 7.88. The Morgan fingerprint density at radius 3 is 2.35 bits per heavy atom. The van der Waals surface area contributed by atoms with Gasteiger partial charge in [-0.3, -0.25) is 0 Å². The minimum Gasteiger partial charge on any atom is -0.458 e. The highest BCUT2D eigenvalue weighted by Crippen LogP contribution is 2.38. The van der Waals surface area contributed by atoms with E-state index in [4.69, 9.17) is 19.8 Å². The molecular formula is C35H46N6O4S. The molecule has 2 aliphatic rings. The number of benzene rings is 2. The van der Waals surface area contributed by atoms with Crippen molar-refractivity contribution in [1.82, 2.24) is 19.5 Å². The fraction of sp³-hybridized carbons (Fsp3) is 0.486. The number of carbonyl (C=O) groups excluding carboxylic acids is 1. The van der Waals surface area contributed by atoms with Crippen LogP contribution in [-0.4, -0.2) is 67.0 Å². The van der Waals surface area contributed by atoms with E-state index in [2.05, 4.69) is 30.4 Å². The largest absolute Gasteiger partial charge is 0.458 e. The van der Waals surface area contributed by atoms with Crippen LogP contribution in [0.15, 0.2) is 53.0 Å². The summed E-state index contributed by atoms with van der Waals surface area (Å²) in [4.78, 5) is 26.0. The van der Waals surface area contributed by atoms with Crippen LogP contribution in [0, 0.1) is 31.6 Å². The molecule has 46 heavy (non-hydrogen) atoms. The molecule has 1 saturated carbocycles. The summed E-state index contributed by atoms with van der Waals surface area (Å²) in [5.74, 6) is 2.24. The zero-order valence-corrected chi connectivity index (χ0v) is 29.0. The number of hydrogen-bond acceptors (Lipinski definition) is 8. The van der Waals surface area contributed by atoms with E-state index in [1.807, 2.05) is 70.2 Å². The van der Waals surface area contributed by atoms with Gasteiger partial charge < -0.3 is 9.64 Å². The van der Waals surface area contributed by atoms with Gasteiger partial charge in [0.15, 0.2) is 17.5 Å². The van der Waals surface area contributed by atoms with E-state index in [9.17, 15) is 13.2 Å². The zero-order valence-electron chi connectivity index (χ0n) is 28.2. The standard InChI is InChI=1S/C35H46N6O4S/c1-9-40(17-16-36-46(8,43)44)28-14-15-29(23(4)20-28)37-33-26(7)30(35(42)45-31-24(5)18-22(3)19-25(31)6)34-38-32(39-41(33)34)27-12-10-21(2)11-13-27/h10-15,20,22,24-25,31,36H,9,16-19H2,1-8H3. The summed E-state index contributed by atoms with van der Waals surface area (Å²) in [5, 5.41) is 4.84. The van der Waals surface area contributed by atoms with Crippen LogP contribution in [-0.2, 0) is 19.6 Å². The lowest BCUT2D eigenvalue weighted by molar-refractivity contribution is -0.150. The number of aliphatic imine (C=N–C) groups is 1. The smallest absolute Gasteiger partial charge is 0.342 e. The van der Waals surface area contributed by atoms with Crippen molar-refractivity contribution in [1.29, 1.82) is 0 Å². The van der Waals surface area contributed by atoms with Gasteiger partial charge in [0.2, 0.25) is 10.0 Å². The van der Waals surface area contributed by atoms with Gasteiger partial charge in [-0.2, -0.15) is 4.68 Å². The van der Waals surface area contributed by atoms with Crippen LogP contribution in [0.2, 0.25) is 0 Å². The maximum atomic E-state index is 14.0. The van der Waals surface area contributed by atoms with Crippen molar-refractivity contribution in [2.24, 2.45) is 22.7 Å². The first-order valence-corrected chi connectivity index (χ1v) is 18.0. The van der Waals surface area contributed by atoms with Gasteiger partial charge in [0, 0.05) is 36.5 Å². The number of aromatic nitrogens is 3. The maximum absolute atomic E-state index is 14.0. The molecule has 10 nitrogen and oxygen atoms in total. The summed E-state index contributed by atoms with van der Waals surface area (Å²) >= 11 is 0. The van der Waals surface area contributed by atoms with E-state index in [1.165, 1.54) is 0 Å². The Kier molecular flexibility index (Phi) is 9.83. The monoisotopic (exact) mass is 646 g/mol. The van der Waals surface area contributed by atoms with Gasteiger partial charge in [-0.05, 0) is 82.1 Å². The average molecular weight is 647 g/mol. The average Bonchev–Trinajstić information content (AvgIpc) is 3.50. The van der Waals surface area contributed by atoms with E-state index in [0.29, 0.717) is 54.2 Å². The number of likely N-dealkylation sites (N-methyl/N-ethyl adjacent to an activating group) is 1. The van der Waals surface area contributed by atoms with E-state index >= 15 is 0 Å². The maximum Gasteiger partial charge on any atom is 0.342 e. The molecule has 0 saturated heterocycles. The Hall–Kier alpha value is -3.83. The van der Waals surface area contributed by atoms with E-state index in [-0.39, 0.29) is 17.9 Å². The molecule has 2 heterocycles. The number of fused-ring (bicyclic) bond motifs is 1. The second-order valence-corrected chi connectivity index (χ2v) is 14.9. The highest BCUT2D eigenvalue weighted by Gasteiger charge is 2.39. The molecule has 0 amide bonds. The number of nitrogens with zero attached hydrogens (tertiary/aromatic N) is 5. The molecule has 246 valence electrons. The normalized spacial score (nSPS) is 22.3. The molecule has 0 bridgehead atoms. The molecule has 0 radical (unpaired) electrons. The quantitative estimate of drug-likeness (QED) is 0.272. The molecule has 5 rings (SSSR count). The number of esters is 1. The van der Waals surface area contributed by atoms with Gasteiger partial charge in [0.05, 0.1) is 11.9 Å². The van der Waals surface area contributed by atoms with Gasteiger partial charge in [-0.1, -0.05) is 50.6 Å². The summed E-state index contributed by atoms with van der Waals surface area (Å²) in [6.45, 7) is 16.1. The molecule has 2 atom stereocenters. The Morgan fingerprint density at radius 1 is 1.07 bits per heavy atom. The lowest BCUT2D eigenvalue weighted by Crippen LogP contribution is -2.37. The number of ether oxygens (including phenoxy) is 1. The number of anilines is 1. The summed E-state index contributed by atoms with van der Waals surface area (Å²) in [6.07, 6.45) is 3.05. The van der Waals surface area contributed by atoms with Crippen LogP contribution in [0.5, 0.6) is 0 Å². The van der Waals surface area contributed by atoms with Crippen LogP contribution >= 0.6 is 0 Å². The van der Waals surface area contributed by atoms with Gasteiger partial charge in [0.25, 0.3) is 0 Å². The van der Waals surface area contributed by atoms with Gasteiger partial charge >= 0.3 is 5.97 Å². The Morgan fingerprint density at radius 2 is 1.74 bits per heavy atom. The van der Waals surface area contributed by atoms with Crippen LogP contribution in [0.3, 0.4) is 0 Å². The molecule has 1 fully saturated rings. The molecule has 0 spiro atoms. The van der Waals surface area contributed by atoms with Crippen molar-refractivity contribution < 1.29 is 17.9 Å². The number of hydrogen-bond donors (Lipinski definition) is 1. The number of carbonyl (C=O) groups is 1. The number of sulfonamides is 1. The molecule has 1 aliphatic heterocycles. The van der Waals surface area contributed by atoms with Crippen LogP contribution in [0.4, 0.5) is 11.4 Å². The summed E-state index contributed by atoms with van der Waals surface area (Å²) in [6, 6.07) is 13.9. The van der Waals surface area contributed by atoms with E-state index in [0.717, 1.165) is 47.2 Å². The summed E-state index contributed by atoms with van der Waals surface area (Å²) in [5.41, 5.74) is 5.69. The first kappa shape index (κ1) is 33.5. The Labute approximate surface area is 273 Å². The van der Waals surface area contributed by atoms with Gasteiger partial charge in [-0.15, -0.1) is 5.10 Å². The Balaban J connectivity index is 1.50. The van der Waals surface area contributed by atoms with E-state index < -0.39 is 16.0 Å². The van der Waals surface area contributed by atoms with Crippen molar-refractivity contribution in [2.75, 3.05) is 30.8 Å². The number of aryl methyl sites for hydroxylation is 2. The zero-order chi connectivity index (χ0) is 33.3. The predicted molar refractivity (Wildman–Crippen MR) is 184 cm³/mol. The lowest BCUT2D eigenvalue weighted by Gasteiger charge is -2.37. The fourth-order valence-electron chi connectivity index (χ4n) is 6.78. The first-order valence-electron chi connectivity index (χ1n) is 16.1. The van der Waals surface area contributed by atoms with Crippen LogP contribution < -0.4 is 9.62 Å². The van der Waals surface area contributed by atoms with Crippen molar-refractivity contribution in [3.8, 4) is 11.4 Å². The Bertz CT molecular complexity index is 1760. The molecular weight excluding hydrogens is 600 g/mol. The van der Waals surface area contributed by atoms with E-state index in [1.54, 1.807) is 4.68 Å². The predicted octanol–water partition coefficient (Wildman–Crippen LogP) is 5.92. The van der Waals surface area contributed by atoms with Gasteiger partial charge in [0.1, 0.15) is 11.7 Å². The molecule has 1 aromatic heterocycles. The summed E-state index contributed by atoms with van der Waals surface area (Å²) < 4.78 is 33.5. The second-order valence-electron chi connectivity index (χ2n) is 13.1. The SMILES string of the molecule is CCN(CCNS(C)(=O)=O)c1ccc(N=C2C(C)=C(C(=O)OC3C(C)CC(C)CC3C)c3nc(-c4ccc(C)cc4)nn32)c(C)c1. The van der Waals surface area contributed by atoms with Crippen molar-refractivity contribution in [3.63, 3.8) is 0 Å². The topological polar surface area (TPSA) is 119 Å². The summed E-state index contributed by atoms with van der Waals surface area (Å²) in [7, 11) is -3.26.